The fourth-order valence-electron chi connectivity index (χ4n) is 4.75. The van der Waals surface area contributed by atoms with Gasteiger partial charge in [0, 0.05) is 23.1 Å². The average molecular weight is 521 g/mol. The van der Waals surface area contributed by atoms with Crippen molar-refractivity contribution >= 4 is 16.6 Å². The van der Waals surface area contributed by atoms with Crippen LogP contribution in [-0.4, -0.2) is 33.4 Å². The molecular formula is C33H32N2O4. The highest BCUT2D eigenvalue weighted by Gasteiger charge is 2.19. The van der Waals surface area contributed by atoms with Gasteiger partial charge in [-0.15, -0.1) is 0 Å². The van der Waals surface area contributed by atoms with Crippen molar-refractivity contribution in [3.05, 3.63) is 96.1 Å². The van der Waals surface area contributed by atoms with E-state index in [4.69, 9.17) is 23.9 Å². The SMILES string of the molecule is COc1ccc(CNc2nc(-c3ccc(OC)c(OC)c3)c(-c3cccc(OC)c3)c3cc(C)ccc23)cc1. The number of pyridine rings is 1. The monoisotopic (exact) mass is 520 g/mol. The first-order valence-corrected chi connectivity index (χ1v) is 12.7. The third-order valence-corrected chi connectivity index (χ3v) is 6.79. The van der Waals surface area contributed by atoms with Crippen LogP contribution in [0.2, 0.25) is 0 Å². The molecule has 4 aromatic carbocycles. The molecule has 0 amide bonds. The van der Waals surface area contributed by atoms with Gasteiger partial charge in [0.15, 0.2) is 11.5 Å². The molecule has 0 spiro atoms. The second-order valence-corrected chi connectivity index (χ2v) is 9.24. The van der Waals surface area contributed by atoms with E-state index in [2.05, 4.69) is 48.6 Å². The topological polar surface area (TPSA) is 61.8 Å². The van der Waals surface area contributed by atoms with Crippen LogP contribution < -0.4 is 24.3 Å². The van der Waals surface area contributed by atoms with Crippen LogP contribution in [0.4, 0.5) is 5.82 Å². The molecule has 0 aliphatic carbocycles. The van der Waals surface area contributed by atoms with Crippen molar-refractivity contribution < 1.29 is 18.9 Å². The number of nitrogens with one attached hydrogen (secondary N) is 1. The molecule has 6 nitrogen and oxygen atoms in total. The summed E-state index contributed by atoms with van der Waals surface area (Å²) in [4.78, 5) is 5.24. The first-order valence-electron chi connectivity index (χ1n) is 12.7. The van der Waals surface area contributed by atoms with Crippen LogP contribution in [0.3, 0.4) is 0 Å². The van der Waals surface area contributed by atoms with Gasteiger partial charge in [-0.05, 0) is 65.9 Å². The molecule has 198 valence electrons. The lowest BCUT2D eigenvalue weighted by atomic mass is 9.92. The number of fused-ring (bicyclic) bond motifs is 1. The Kier molecular flexibility index (Phi) is 7.55. The van der Waals surface area contributed by atoms with Crippen molar-refractivity contribution in [2.75, 3.05) is 33.8 Å². The molecule has 0 saturated carbocycles. The fourth-order valence-corrected chi connectivity index (χ4v) is 4.75. The van der Waals surface area contributed by atoms with Crippen LogP contribution in [0.5, 0.6) is 23.0 Å². The summed E-state index contributed by atoms with van der Waals surface area (Å²) < 4.78 is 22.0. The Morgan fingerprint density at radius 1 is 0.641 bits per heavy atom. The van der Waals surface area contributed by atoms with E-state index in [1.54, 1.807) is 28.4 Å². The predicted octanol–water partition coefficient (Wildman–Crippen LogP) is 7.52. The summed E-state index contributed by atoms with van der Waals surface area (Å²) in [6.45, 7) is 2.72. The number of aromatic nitrogens is 1. The lowest BCUT2D eigenvalue weighted by Gasteiger charge is -2.19. The van der Waals surface area contributed by atoms with Crippen molar-refractivity contribution in [2.24, 2.45) is 0 Å². The lowest BCUT2D eigenvalue weighted by Crippen LogP contribution is -2.05. The Morgan fingerprint density at radius 2 is 1.41 bits per heavy atom. The number of benzene rings is 4. The van der Waals surface area contributed by atoms with Gasteiger partial charge in [0.25, 0.3) is 0 Å². The van der Waals surface area contributed by atoms with Crippen LogP contribution in [0, 0.1) is 6.92 Å². The maximum atomic E-state index is 5.64. The normalized spacial score (nSPS) is 10.8. The smallest absolute Gasteiger partial charge is 0.161 e. The molecule has 0 bridgehead atoms. The van der Waals surface area contributed by atoms with Crippen LogP contribution >= 0.6 is 0 Å². The van der Waals surface area contributed by atoms with Gasteiger partial charge in [-0.25, -0.2) is 4.98 Å². The quantitative estimate of drug-likeness (QED) is 0.217. The molecule has 0 radical (unpaired) electrons. The highest BCUT2D eigenvalue weighted by molar-refractivity contribution is 6.07. The Hall–Kier alpha value is -4.71. The molecule has 0 atom stereocenters. The summed E-state index contributed by atoms with van der Waals surface area (Å²) in [7, 11) is 6.63. The molecule has 1 aromatic heterocycles. The first-order chi connectivity index (χ1) is 19.0. The molecule has 0 saturated heterocycles. The third kappa shape index (κ3) is 5.32. The minimum absolute atomic E-state index is 0.615. The van der Waals surface area contributed by atoms with Crippen molar-refractivity contribution in [3.8, 4) is 45.4 Å². The van der Waals surface area contributed by atoms with E-state index in [9.17, 15) is 0 Å². The second kappa shape index (κ2) is 11.4. The van der Waals surface area contributed by atoms with Gasteiger partial charge in [-0.2, -0.15) is 0 Å². The largest absolute Gasteiger partial charge is 0.497 e. The number of hydrogen-bond acceptors (Lipinski definition) is 6. The summed E-state index contributed by atoms with van der Waals surface area (Å²) >= 11 is 0. The third-order valence-electron chi connectivity index (χ3n) is 6.79. The molecule has 1 heterocycles. The van der Waals surface area contributed by atoms with Gasteiger partial charge in [0.2, 0.25) is 0 Å². The number of hydrogen-bond donors (Lipinski definition) is 1. The van der Waals surface area contributed by atoms with E-state index in [0.717, 1.165) is 61.6 Å². The van der Waals surface area contributed by atoms with E-state index in [1.165, 1.54) is 0 Å². The fraction of sp³-hybridized carbons (Fsp3) is 0.182. The zero-order chi connectivity index (χ0) is 27.4. The maximum absolute atomic E-state index is 5.64. The zero-order valence-corrected chi connectivity index (χ0v) is 22.9. The van der Waals surface area contributed by atoms with Gasteiger partial charge < -0.3 is 24.3 Å². The molecule has 39 heavy (non-hydrogen) atoms. The van der Waals surface area contributed by atoms with Crippen LogP contribution in [0.15, 0.2) is 84.9 Å². The van der Waals surface area contributed by atoms with E-state index in [1.807, 2.05) is 48.5 Å². The number of methoxy groups -OCH3 is 4. The molecular weight excluding hydrogens is 488 g/mol. The van der Waals surface area contributed by atoms with E-state index < -0.39 is 0 Å². The van der Waals surface area contributed by atoms with Crippen molar-refractivity contribution in [1.82, 2.24) is 4.98 Å². The van der Waals surface area contributed by atoms with Gasteiger partial charge in [0.05, 0.1) is 34.1 Å². The molecule has 5 rings (SSSR count). The highest BCUT2D eigenvalue weighted by atomic mass is 16.5. The Bertz CT molecular complexity index is 1610. The van der Waals surface area contributed by atoms with E-state index >= 15 is 0 Å². The second-order valence-electron chi connectivity index (χ2n) is 9.24. The van der Waals surface area contributed by atoms with Crippen molar-refractivity contribution in [1.29, 1.82) is 0 Å². The van der Waals surface area contributed by atoms with Gasteiger partial charge in [-0.3, -0.25) is 0 Å². The number of nitrogens with zero attached hydrogens (tertiary/aromatic N) is 1. The van der Waals surface area contributed by atoms with Crippen LogP contribution in [0.25, 0.3) is 33.2 Å². The zero-order valence-electron chi connectivity index (χ0n) is 22.9. The minimum Gasteiger partial charge on any atom is -0.497 e. The summed E-state index contributed by atoms with van der Waals surface area (Å²) in [6.07, 6.45) is 0. The molecule has 6 heteroatoms. The standard InChI is InChI=1S/C33H32N2O4/c1-21-9-15-27-28(17-21)31(23-7-6-8-26(18-23)37-3)32(24-12-16-29(38-4)30(19-24)39-5)35-33(27)34-20-22-10-13-25(36-2)14-11-22/h6-19H,20H2,1-5H3,(H,34,35). The van der Waals surface area contributed by atoms with Crippen LogP contribution in [-0.2, 0) is 6.54 Å². The Morgan fingerprint density at radius 3 is 2.13 bits per heavy atom. The molecule has 0 aliphatic heterocycles. The number of aryl methyl sites for hydroxylation is 1. The van der Waals surface area contributed by atoms with E-state index in [-0.39, 0.29) is 0 Å². The summed E-state index contributed by atoms with van der Waals surface area (Å²) in [5.41, 5.74) is 6.08. The predicted molar refractivity (Wildman–Crippen MR) is 157 cm³/mol. The summed E-state index contributed by atoms with van der Waals surface area (Å²) in [5, 5.41) is 5.73. The minimum atomic E-state index is 0.615. The van der Waals surface area contributed by atoms with Crippen molar-refractivity contribution in [2.45, 2.75) is 13.5 Å². The van der Waals surface area contributed by atoms with Gasteiger partial charge in [0.1, 0.15) is 17.3 Å². The maximum Gasteiger partial charge on any atom is 0.161 e. The highest BCUT2D eigenvalue weighted by Crippen LogP contribution is 2.42. The molecule has 0 fully saturated rings. The Labute approximate surface area is 229 Å². The van der Waals surface area contributed by atoms with Crippen LogP contribution in [0.1, 0.15) is 11.1 Å². The van der Waals surface area contributed by atoms with Crippen molar-refractivity contribution in [3.63, 3.8) is 0 Å². The molecule has 0 aliphatic rings. The summed E-state index contributed by atoms with van der Waals surface area (Å²) in [6, 6.07) is 28.5. The lowest BCUT2D eigenvalue weighted by molar-refractivity contribution is 0.355. The molecule has 1 N–H and O–H groups in total. The average Bonchev–Trinajstić information content (AvgIpc) is 2.99. The van der Waals surface area contributed by atoms with Gasteiger partial charge >= 0.3 is 0 Å². The van der Waals surface area contributed by atoms with E-state index in [0.29, 0.717) is 18.0 Å². The Balaban J connectivity index is 1.73. The summed E-state index contributed by atoms with van der Waals surface area (Å²) in [5.74, 6) is 3.73. The first kappa shape index (κ1) is 25.9. The molecule has 0 unspecified atom stereocenters. The number of anilines is 1. The molecule has 5 aromatic rings. The number of rotatable bonds is 9. The number of ether oxygens (including phenoxy) is 4. The van der Waals surface area contributed by atoms with Gasteiger partial charge in [-0.1, -0.05) is 48.0 Å².